The standard InChI is InChI=1S/C21H23ClN4S/c1-11(2)18-20-24-23-14(5)26(20)21-17(12(3)13(4)27-21)19(25(18)6)15-7-9-16(22)10-8-15/h7-10,18-19H,1H2,2-6H3. The quantitative estimate of drug-likeness (QED) is 0.530. The van der Waals surface area contributed by atoms with Crippen molar-refractivity contribution in [3.8, 4) is 5.00 Å². The highest BCUT2D eigenvalue weighted by atomic mass is 35.5. The number of hydrogen-bond donors (Lipinski definition) is 0. The number of halogens is 1. The van der Waals surface area contributed by atoms with Crippen LogP contribution in [0.5, 0.6) is 0 Å². The molecule has 140 valence electrons. The van der Waals surface area contributed by atoms with Crippen molar-refractivity contribution in [3.63, 3.8) is 0 Å². The van der Waals surface area contributed by atoms with E-state index in [-0.39, 0.29) is 12.1 Å². The van der Waals surface area contributed by atoms with Gasteiger partial charge in [-0.1, -0.05) is 35.9 Å². The number of aromatic nitrogens is 3. The predicted octanol–water partition coefficient (Wildman–Crippen LogP) is 5.56. The second-order valence-corrected chi connectivity index (χ2v) is 8.95. The summed E-state index contributed by atoms with van der Waals surface area (Å²) in [5, 5.41) is 10.9. The third-order valence-electron chi connectivity index (χ3n) is 5.45. The summed E-state index contributed by atoms with van der Waals surface area (Å²) in [6, 6.07) is 8.23. The first-order chi connectivity index (χ1) is 12.8. The Morgan fingerprint density at radius 3 is 2.44 bits per heavy atom. The van der Waals surface area contributed by atoms with E-state index in [1.807, 2.05) is 30.4 Å². The second-order valence-electron chi connectivity index (χ2n) is 7.31. The van der Waals surface area contributed by atoms with Crippen molar-refractivity contribution in [2.45, 2.75) is 39.8 Å². The molecule has 0 aliphatic carbocycles. The molecule has 0 saturated carbocycles. The van der Waals surface area contributed by atoms with Gasteiger partial charge < -0.3 is 0 Å². The lowest BCUT2D eigenvalue weighted by Crippen LogP contribution is -2.30. The smallest absolute Gasteiger partial charge is 0.159 e. The van der Waals surface area contributed by atoms with Gasteiger partial charge in [-0.3, -0.25) is 9.47 Å². The third-order valence-corrected chi connectivity index (χ3v) is 6.91. The zero-order chi connectivity index (χ0) is 19.5. The topological polar surface area (TPSA) is 34.0 Å². The monoisotopic (exact) mass is 398 g/mol. The van der Waals surface area contributed by atoms with E-state index in [9.17, 15) is 0 Å². The Hall–Kier alpha value is -1.95. The van der Waals surface area contributed by atoms with E-state index < -0.39 is 0 Å². The molecule has 0 bridgehead atoms. The number of rotatable bonds is 2. The summed E-state index contributed by atoms with van der Waals surface area (Å²) in [6.07, 6.45) is 0. The molecule has 1 aliphatic rings. The second kappa shape index (κ2) is 6.59. The van der Waals surface area contributed by atoms with Gasteiger partial charge in [-0.2, -0.15) is 0 Å². The lowest BCUT2D eigenvalue weighted by Gasteiger charge is -2.33. The van der Waals surface area contributed by atoms with Crippen LogP contribution in [0, 0.1) is 20.8 Å². The van der Waals surface area contributed by atoms with Gasteiger partial charge in [0.2, 0.25) is 0 Å². The number of fused-ring (bicyclic) bond motifs is 3. The zero-order valence-corrected chi connectivity index (χ0v) is 17.8. The van der Waals surface area contributed by atoms with E-state index in [0.29, 0.717) is 0 Å². The number of benzene rings is 1. The van der Waals surface area contributed by atoms with Crippen LogP contribution in [0.4, 0.5) is 0 Å². The van der Waals surface area contributed by atoms with Gasteiger partial charge in [0.05, 0.1) is 12.1 Å². The number of likely N-dealkylation sites (N-methyl/N-ethyl adjacent to an activating group) is 1. The SMILES string of the molecule is C=C(C)C1c2nnc(C)n2-c2sc(C)c(C)c2C(c2ccc(Cl)cc2)N1C. The molecule has 0 saturated heterocycles. The van der Waals surface area contributed by atoms with Crippen LogP contribution in [0.3, 0.4) is 0 Å². The molecule has 2 aromatic heterocycles. The van der Waals surface area contributed by atoms with E-state index in [1.165, 1.54) is 26.6 Å². The normalized spacial score (nSPS) is 19.5. The number of nitrogens with zero attached hydrogens (tertiary/aromatic N) is 4. The van der Waals surface area contributed by atoms with E-state index in [1.54, 1.807) is 0 Å². The first kappa shape index (κ1) is 18.4. The molecule has 2 atom stereocenters. The molecule has 0 fully saturated rings. The predicted molar refractivity (Wildman–Crippen MR) is 112 cm³/mol. The molecule has 0 spiro atoms. The number of hydrogen-bond acceptors (Lipinski definition) is 4. The fourth-order valence-electron chi connectivity index (χ4n) is 4.07. The van der Waals surface area contributed by atoms with E-state index in [0.717, 1.165) is 22.2 Å². The molecule has 27 heavy (non-hydrogen) atoms. The molecule has 1 aliphatic heterocycles. The van der Waals surface area contributed by atoms with Gasteiger partial charge in [-0.15, -0.1) is 21.5 Å². The van der Waals surface area contributed by atoms with Crippen molar-refractivity contribution in [3.05, 3.63) is 74.7 Å². The molecule has 1 aromatic carbocycles. The summed E-state index contributed by atoms with van der Waals surface area (Å²) in [7, 11) is 2.15. The minimum absolute atomic E-state index is 0.0221. The van der Waals surface area contributed by atoms with Gasteiger partial charge in [-0.25, -0.2) is 0 Å². The van der Waals surface area contributed by atoms with Crippen LogP contribution in [0.2, 0.25) is 5.02 Å². The van der Waals surface area contributed by atoms with E-state index >= 15 is 0 Å². The zero-order valence-electron chi connectivity index (χ0n) is 16.2. The molecule has 0 amide bonds. The molecule has 0 radical (unpaired) electrons. The number of thiophene rings is 1. The van der Waals surface area contributed by atoms with E-state index in [2.05, 4.69) is 66.2 Å². The van der Waals surface area contributed by atoms with Gasteiger partial charge in [0, 0.05) is 15.5 Å². The molecule has 4 rings (SSSR count). The van der Waals surface area contributed by atoms with Gasteiger partial charge in [-0.05, 0) is 58.0 Å². The number of aryl methyl sites for hydroxylation is 2. The van der Waals surface area contributed by atoms with Crippen LogP contribution in [0.15, 0.2) is 36.4 Å². The van der Waals surface area contributed by atoms with Crippen LogP contribution in [-0.2, 0) is 0 Å². The van der Waals surface area contributed by atoms with Crippen molar-refractivity contribution in [1.29, 1.82) is 0 Å². The molecule has 6 heteroatoms. The van der Waals surface area contributed by atoms with Gasteiger partial charge in [0.25, 0.3) is 0 Å². The fourth-order valence-corrected chi connectivity index (χ4v) is 5.44. The van der Waals surface area contributed by atoms with Crippen molar-refractivity contribution in [2.24, 2.45) is 0 Å². The molecular weight excluding hydrogens is 376 g/mol. The van der Waals surface area contributed by atoms with Crippen LogP contribution in [0.1, 0.15) is 52.2 Å². The third kappa shape index (κ3) is 2.76. The maximum absolute atomic E-state index is 6.16. The Balaban J connectivity index is 2.06. The lowest BCUT2D eigenvalue weighted by molar-refractivity contribution is 0.222. The summed E-state index contributed by atoms with van der Waals surface area (Å²) in [5.74, 6) is 1.84. The summed E-state index contributed by atoms with van der Waals surface area (Å²) in [4.78, 5) is 3.68. The van der Waals surface area contributed by atoms with Crippen LogP contribution in [0.25, 0.3) is 5.00 Å². The summed E-state index contributed by atoms with van der Waals surface area (Å²) < 4.78 is 2.21. The molecule has 0 N–H and O–H groups in total. The highest BCUT2D eigenvalue weighted by Crippen LogP contribution is 2.47. The Morgan fingerprint density at radius 2 is 1.81 bits per heavy atom. The van der Waals surface area contributed by atoms with Crippen molar-refractivity contribution >= 4 is 22.9 Å². The molecule has 2 unspecified atom stereocenters. The molecule has 3 aromatic rings. The van der Waals surface area contributed by atoms with Gasteiger partial charge >= 0.3 is 0 Å². The Bertz CT molecular complexity index is 1030. The first-order valence-corrected chi connectivity index (χ1v) is 10.2. The maximum Gasteiger partial charge on any atom is 0.159 e. The molecule has 4 nitrogen and oxygen atoms in total. The molecule has 3 heterocycles. The summed E-state index contributed by atoms with van der Waals surface area (Å²) in [5.41, 5.74) is 4.90. The highest BCUT2D eigenvalue weighted by molar-refractivity contribution is 7.14. The lowest BCUT2D eigenvalue weighted by atomic mass is 9.94. The average Bonchev–Trinajstić information content (AvgIpc) is 3.07. The van der Waals surface area contributed by atoms with Crippen molar-refractivity contribution in [1.82, 2.24) is 19.7 Å². The molecular formula is C21H23ClN4S. The largest absolute Gasteiger partial charge is 0.282 e. The summed E-state index contributed by atoms with van der Waals surface area (Å²) >= 11 is 7.97. The first-order valence-electron chi connectivity index (χ1n) is 8.96. The van der Waals surface area contributed by atoms with Gasteiger partial charge in [0.1, 0.15) is 10.8 Å². The van der Waals surface area contributed by atoms with Crippen LogP contribution in [-0.4, -0.2) is 26.7 Å². The van der Waals surface area contributed by atoms with Crippen LogP contribution < -0.4 is 0 Å². The van der Waals surface area contributed by atoms with E-state index in [4.69, 9.17) is 11.6 Å². The maximum atomic E-state index is 6.16. The fraction of sp³-hybridized carbons (Fsp3) is 0.333. The van der Waals surface area contributed by atoms with Crippen molar-refractivity contribution < 1.29 is 0 Å². The minimum Gasteiger partial charge on any atom is -0.282 e. The highest BCUT2D eigenvalue weighted by Gasteiger charge is 2.38. The van der Waals surface area contributed by atoms with Crippen LogP contribution >= 0.6 is 22.9 Å². The minimum atomic E-state index is -0.0221. The summed E-state index contributed by atoms with van der Waals surface area (Å²) in [6.45, 7) is 12.7. The van der Waals surface area contributed by atoms with Crippen molar-refractivity contribution in [2.75, 3.05) is 7.05 Å². The van der Waals surface area contributed by atoms with Gasteiger partial charge in [0.15, 0.2) is 5.82 Å². The Kier molecular flexibility index (Phi) is 4.49. The Morgan fingerprint density at radius 1 is 1.15 bits per heavy atom. The Labute approximate surface area is 169 Å². The average molecular weight is 399 g/mol.